The highest BCUT2D eigenvalue weighted by atomic mass is 15.2. The zero-order valence-corrected chi connectivity index (χ0v) is 13.0. The molecule has 0 bridgehead atoms. The standard InChI is InChI=1S/C18H17N5/c1-22-10-14(9-21-22)12-5-6-13-8-19-18-17(16(13)7-12)23(11-20-18)15-3-2-4-15/h5-11,15H,2-4H2,1H3. The summed E-state index contributed by atoms with van der Waals surface area (Å²) in [5.74, 6) is 0. The summed E-state index contributed by atoms with van der Waals surface area (Å²) in [6, 6.07) is 7.10. The highest BCUT2D eigenvalue weighted by Gasteiger charge is 2.22. The molecular formula is C18H17N5. The van der Waals surface area contributed by atoms with Crippen LogP contribution in [0.15, 0.2) is 43.1 Å². The van der Waals surface area contributed by atoms with Gasteiger partial charge in [0.25, 0.3) is 0 Å². The number of aromatic nitrogens is 5. The fourth-order valence-electron chi connectivity index (χ4n) is 3.40. The lowest BCUT2D eigenvalue weighted by Gasteiger charge is -2.27. The van der Waals surface area contributed by atoms with Crippen molar-refractivity contribution in [1.29, 1.82) is 0 Å². The largest absolute Gasteiger partial charge is 0.326 e. The van der Waals surface area contributed by atoms with E-state index in [9.17, 15) is 0 Å². The van der Waals surface area contributed by atoms with Gasteiger partial charge in [0.15, 0.2) is 5.65 Å². The summed E-state index contributed by atoms with van der Waals surface area (Å²) in [7, 11) is 1.94. The van der Waals surface area contributed by atoms with Gasteiger partial charge in [0, 0.05) is 41.8 Å². The van der Waals surface area contributed by atoms with Crippen LogP contribution >= 0.6 is 0 Å². The van der Waals surface area contributed by atoms with Crippen LogP contribution in [0.2, 0.25) is 0 Å². The van der Waals surface area contributed by atoms with Crippen molar-refractivity contribution in [3.8, 4) is 11.1 Å². The number of imidazole rings is 1. The Balaban J connectivity index is 1.79. The van der Waals surface area contributed by atoms with E-state index < -0.39 is 0 Å². The van der Waals surface area contributed by atoms with Gasteiger partial charge in [-0.2, -0.15) is 5.10 Å². The van der Waals surface area contributed by atoms with Crippen molar-refractivity contribution in [1.82, 2.24) is 24.3 Å². The van der Waals surface area contributed by atoms with Gasteiger partial charge in [0.05, 0.1) is 18.0 Å². The first kappa shape index (κ1) is 12.8. The van der Waals surface area contributed by atoms with Crippen LogP contribution < -0.4 is 0 Å². The lowest BCUT2D eigenvalue weighted by molar-refractivity contribution is 0.320. The molecule has 5 rings (SSSR count). The maximum absolute atomic E-state index is 4.53. The average Bonchev–Trinajstić information content (AvgIpc) is 3.12. The quantitative estimate of drug-likeness (QED) is 0.567. The number of hydrogen-bond acceptors (Lipinski definition) is 3. The zero-order valence-electron chi connectivity index (χ0n) is 13.0. The molecule has 5 nitrogen and oxygen atoms in total. The molecule has 1 aliphatic rings. The third kappa shape index (κ3) is 1.89. The Labute approximate surface area is 133 Å². The molecule has 23 heavy (non-hydrogen) atoms. The van der Waals surface area contributed by atoms with Crippen LogP contribution in [0.5, 0.6) is 0 Å². The molecule has 0 aliphatic heterocycles. The van der Waals surface area contributed by atoms with E-state index in [2.05, 4.69) is 37.8 Å². The minimum absolute atomic E-state index is 0.578. The summed E-state index contributed by atoms with van der Waals surface area (Å²) in [6.07, 6.45) is 11.6. The number of hydrogen-bond donors (Lipinski definition) is 0. The van der Waals surface area contributed by atoms with Crippen molar-refractivity contribution in [2.24, 2.45) is 7.05 Å². The predicted octanol–water partition coefficient (Wildman–Crippen LogP) is 3.71. The van der Waals surface area contributed by atoms with E-state index >= 15 is 0 Å². The molecule has 0 spiro atoms. The van der Waals surface area contributed by atoms with E-state index in [4.69, 9.17) is 0 Å². The van der Waals surface area contributed by atoms with Gasteiger partial charge in [0.2, 0.25) is 0 Å². The van der Waals surface area contributed by atoms with Crippen molar-refractivity contribution in [3.05, 3.63) is 43.1 Å². The number of benzene rings is 1. The van der Waals surface area contributed by atoms with E-state index in [1.807, 2.05) is 36.6 Å². The normalized spacial score (nSPS) is 15.3. The fourth-order valence-corrected chi connectivity index (χ4v) is 3.40. The molecule has 1 fully saturated rings. The third-order valence-electron chi connectivity index (χ3n) is 4.92. The van der Waals surface area contributed by atoms with E-state index in [1.165, 1.54) is 30.2 Å². The fraction of sp³-hybridized carbons (Fsp3) is 0.278. The van der Waals surface area contributed by atoms with Crippen molar-refractivity contribution in [2.45, 2.75) is 25.3 Å². The highest BCUT2D eigenvalue weighted by molar-refractivity contribution is 6.04. The minimum Gasteiger partial charge on any atom is -0.326 e. The Kier molecular flexibility index (Phi) is 2.59. The number of fused-ring (bicyclic) bond motifs is 3. The maximum Gasteiger partial charge on any atom is 0.178 e. The average molecular weight is 303 g/mol. The lowest BCUT2D eigenvalue weighted by Crippen LogP contribution is -2.16. The number of rotatable bonds is 2. The van der Waals surface area contributed by atoms with Crippen molar-refractivity contribution < 1.29 is 0 Å². The van der Waals surface area contributed by atoms with Crippen molar-refractivity contribution in [3.63, 3.8) is 0 Å². The molecule has 1 aromatic carbocycles. The number of nitrogens with zero attached hydrogens (tertiary/aromatic N) is 5. The number of aryl methyl sites for hydroxylation is 1. The minimum atomic E-state index is 0.578. The second-order valence-corrected chi connectivity index (χ2v) is 6.37. The van der Waals surface area contributed by atoms with E-state index in [0.29, 0.717) is 6.04 Å². The van der Waals surface area contributed by atoms with Crippen LogP contribution in [-0.4, -0.2) is 24.3 Å². The molecule has 0 atom stereocenters. The summed E-state index contributed by atoms with van der Waals surface area (Å²) >= 11 is 0. The van der Waals surface area contributed by atoms with Crippen LogP contribution in [-0.2, 0) is 7.05 Å². The summed E-state index contributed by atoms with van der Waals surface area (Å²) in [4.78, 5) is 9.04. The van der Waals surface area contributed by atoms with Gasteiger partial charge in [-0.25, -0.2) is 9.97 Å². The van der Waals surface area contributed by atoms with Gasteiger partial charge in [-0.1, -0.05) is 12.1 Å². The van der Waals surface area contributed by atoms with Gasteiger partial charge in [-0.3, -0.25) is 4.68 Å². The van der Waals surface area contributed by atoms with Gasteiger partial charge >= 0.3 is 0 Å². The smallest absolute Gasteiger partial charge is 0.178 e. The van der Waals surface area contributed by atoms with Crippen molar-refractivity contribution in [2.75, 3.05) is 0 Å². The molecule has 3 aromatic heterocycles. The molecule has 5 heteroatoms. The Morgan fingerprint density at radius 2 is 2.00 bits per heavy atom. The Hall–Kier alpha value is -2.69. The molecule has 4 aromatic rings. The molecule has 0 radical (unpaired) electrons. The molecule has 0 saturated heterocycles. The first-order valence-corrected chi connectivity index (χ1v) is 8.04. The summed E-state index contributed by atoms with van der Waals surface area (Å²) in [5, 5.41) is 6.66. The maximum atomic E-state index is 4.53. The molecule has 1 saturated carbocycles. The molecule has 0 unspecified atom stereocenters. The van der Waals surface area contributed by atoms with E-state index in [1.54, 1.807) is 0 Å². The van der Waals surface area contributed by atoms with Gasteiger partial charge < -0.3 is 4.57 Å². The second-order valence-electron chi connectivity index (χ2n) is 6.37. The third-order valence-corrected chi connectivity index (χ3v) is 4.92. The molecule has 0 amide bonds. The first-order valence-electron chi connectivity index (χ1n) is 8.04. The summed E-state index contributed by atoms with van der Waals surface area (Å²) < 4.78 is 4.15. The topological polar surface area (TPSA) is 48.5 Å². The van der Waals surface area contributed by atoms with Gasteiger partial charge in [-0.05, 0) is 30.9 Å². The van der Waals surface area contributed by atoms with Crippen molar-refractivity contribution >= 4 is 21.9 Å². The molecular weight excluding hydrogens is 286 g/mol. The van der Waals surface area contributed by atoms with Gasteiger partial charge in [-0.15, -0.1) is 0 Å². The number of pyridine rings is 1. The van der Waals surface area contributed by atoms with Crippen LogP contribution in [0.1, 0.15) is 25.3 Å². The first-order chi connectivity index (χ1) is 11.3. The van der Waals surface area contributed by atoms with E-state index in [-0.39, 0.29) is 0 Å². The Bertz CT molecular complexity index is 1020. The van der Waals surface area contributed by atoms with E-state index in [0.717, 1.165) is 22.1 Å². The lowest BCUT2D eigenvalue weighted by atomic mass is 9.92. The molecule has 0 N–H and O–H groups in total. The monoisotopic (exact) mass is 303 g/mol. The Morgan fingerprint density at radius 3 is 2.74 bits per heavy atom. The van der Waals surface area contributed by atoms with Gasteiger partial charge in [0.1, 0.15) is 0 Å². The Morgan fingerprint density at radius 1 is 1.09 bits per heavy atom. The zero-order chi connectivity index (χ0) is 15.4. The molecule has 1 aliphatic carbocycles. The second kappa shape index (κ2) is 4.65. The van der Waals surface area contributed by atoms with Crippen LogP contribution in [0, 0.1) is 0 Å². The predicted molar refractivity (Wildman–Crippen MR) is 90.1 cm³/mol. The SMILES string of the molecule is Cn1cc(-c2ccc3cnc4ncn(C5CCC5)c4c3c2)cn1. The molecule has 114 valence electrons. The summed E-state index contributed by atoms with van der Waals surface area (Å²) in [5.41, 5.74) is 4.32. The highest BCUT2D eigenvalue weighted by Crippen LogP contribution is 2.36. The van der Waals surface area contributed by atoms with Crippen LogP contribution in [0.3, 0.4) is 0 Å². The van der Waals surface area contributed by atoms with Crippen LogP contribution in [0.4, 0.5) is 0 Å². The van der Waals surface area contributed by atoms with Crippen LogP contribution in [0.25, 0.3) is 33.1 Å². The molecule has 3 heterocycles. The summed E-state index contributed by atoms with van der Waals surface area (Å²) in [6.45, 7) is 0.